The van der Waals surface area contributed by atoms with E-state index in [4.69, 9.17) is 9.57 Å². The summed E-state index contributed by atoms with van der Waals surface area (Å²) in [4.78, 5) is 39.3. The molecule has 0 radical (unpaired) electrons. The van der Waals surface area contributed by atoms with Crippen molar-refractivity contribution in [2.45, 2.75) is 13.3 Å². The maximum absolute atomic E-state index is 12.2. The summed E-state index contributed by atoms with van der Waals surface area (Å²) in [7, 11) is 0. The highest BCUT2D eigenvalue weighted by atomic mass is 16.6. The highest BCUT2D eigenvalue weighted by Crippen LogP contribution is 2.27. The van der Waals surface area contributed by atoms with Crippen LogP contribution in [0, 0.1) is 0 Å². The number of morpholine rings is 1. The summed E-state index contributed by atoms with van der Waals surface area (Å²) >= 11 is 0. The Hall–Kier alpha value is -3.98. The minimum atomic E-state index is -0.0984. The van der Waals surface area contributed by atoms with Crippen molar-refractivity contribution in [1.82, 2.24) is 20.2 Å². The fraction of sp³-hybridized carbons (Fsp3) is 0.308. The number of nitrogens with one attached hydrogen (secondary N) is 2. The third-order valence-electron chi connectivity index (χ3n) is 6.20. The second-order valence-electron chi connectivity index (χ2n) is 8.53. The Morgan fingerprint density at radius 2 is 2.03 bits per heavy atom. The van der Waals surface area contributed by atoms with Gasteiger partial charge in [0, 0.05) is 54.8 Å². The predicted molar refractivity (Wildman–Crippen MR) is 131 cm³/mol. The maximum atomic E-state index is 12.2. The lowest BCUT2D eigenvalue weighted by atomic mass is 10.0. The minimum Gasteiger partial charge on any atom is -0.385 e. The summed E-state index contributed by atoms with van der Waals surface area (Å²) in [6.07, 6.45) is 2.55. The van der Waals surface area contributed by atoms with Gasteiger partial charge in [-0.2, -0.15) is 0 Å². The summed E-state index contributed by atoms with van der Waals surface area (Å²) < 4.78 is 5.27. The zero-order valence-corrected chi connectivity index (χ0v) is 19.5. The van der Waals surface area contributed by atoms with Crippen molar-refractivity contribution >= 4 is 17.5 Å². The smallest absolute Gasteiger partial charge is 0.263 e. The molecule has 35 heavy (non-hydrogen) atoms. The van der Waals surface area contributed by atoms with Gasteiger partial charge in [-0.1, -0.05) is 23.4 Å². The van der Waals surface area contributed by atoms with Gasteiger partial charge in [-0.25, -0.2) is 0 Å². The Labute approximate surface area is 203 Å². The van der Waals surface area contributed by atoms with E-state index in [1.807, 2.05) is 49.4 Å². The van der Waals surface area contributed by atoms with Crippen molar-refractivity contribution in [3.63, 3.8) is 0 Å². The van der Waals surface area contributed by atoms with Gasteiger partial charge >= 0.3 is 0 Å². The van der Waals surface area contributed by atoms with Gasteiger partial charge in [0.25, 0.3) is 11.8 Å². The lowest BCUT2D eigenvalue weighted by Gasteiger charge is -2.26. The van der Waals surface area contributed by atoms with Crippen LogP contribution in [0.4, 0.5) is 0 Å². The molecule has 5 rings (SSSR count). The normalized spacial score (nSPS) is 16.0. The number of benzene rings is 1. The van der Waals surface area contributed by atoms with Gasteiger partial charge in [-0.3, -0.25) is 14.6 Å². The molecule has 0 saturated carbocycles. The van der Waals surface area contributed by atoms with Gasteiger partial charge in [0.1, 0.15) is 0 Å². The van der Waals surface area contributed by atoms with E-state index in [1.165, 1.54) is 0 Å². The van der Waals surface area contributed by atoms with Gasteiger partial charge in [-0.05, 0) is 36.8 Å². The average molecular weight is 474 g/mol. The molecule has 0 bridgehead atoms. The summed E-state index contributed by atoms with van der Waals surface area (Å²) in [5, 5.41) is 7.02. The Morgan fingerprint density at radius 3 is 2.86 bits per heavy atom. The largest absolute Gasteiger partial charge is 0.385 e. The molecule has 2 aliphatic rings. The minimum absolute atomic E-state index is 0.0423. The summed E-state index contributed by atoms with van der Waals surface area (Å²) in [5.41, 5.74) is 6.78. The number of amides is 2. The average Bonchev–Trinajstić information content (AvgIpc) is 3.35. The molecule has 1 saturated heterocycles. The van der Waals surface area contributed by atoms with Crippen LogP contribution in [0.15, 0.2) is 53.8 Å². The first kappa shape index (κ1) is 22.8. The lowest BCUT2D eigenvalue weighted by Crippen LogP contribution is -2.42. The number of hydrogen-bond donors (Lipinski definition) is 2. The summed E-state index contributed by atoms with van der Waals surface area (Å²) in [6, 6.07) is 13.7. The molecule has 0 spiro atoms. The fourth-order valence-electron chi connectivity index (χ4n) is 4.25. The highest BCUT2D eigenvalue weighted by molar-refractivity contribution is 5.99. The second kappa shape index (κ2) is 10.1. The number of pyridine rings is 1. The third-order valence-corrected chi connectivity index (χ3v) is 6.20. The van der Waals surface area contributed by atoms with Crippen molar-refractivity contribution in [3.05, 3.63) is 65.5 Å². The van der Waals surface area contributed by atoms with Crippen LogP contribution in [0.3, 0.4) is 0 Å². The van der Waals surface area contributed by atoms with E-state index in [1.54, 1.807) is 11.1 Å². The van der Waals surface area contributed by atoms with E-state index in [-0.39, 0.29) is 18.4 Å². The monoisotopic (exact) mass is 473 g/mol. The van der Waals surface area contributed by atoms with E-state index < -0.39 is 0 Å². The molecule has 180 valence electrons. The van der Waals surface area contributed by atoms with E-state index in [0.29, 0.717) is 44.1 Å². The first-order chi connectivity index (χ1) is 17.1. The predicted octanol–water partition coefficient (Wildman–Crippen LogP) is 2.63. The van der Waals surface area contributed by atoms with Crippen LogP contribution in [0.25, 0.3) is 22.5 Å². The second-order valence-corrected chi connectivity index (χ2v) is 8.53. The fourth-order valence-corrected chi connectivity index (χ4v) is 4.25. The molecule has 2 aromatic heterocycles. The van der Waals surface area contributed by atoms with Crippen LogP contribution in [0.5, 0.6) is 0 Å². The number of oxime groups is 1. The van der Waals surface area contributed by atoms with Crippen LogP contribution in [-0.2, 0) is 20.8 Å². The lowest BCUT2D eigenvalue weighted by molar-refractivity contribution is -0.140. The van der Waals surface area contributed by atoms with Gasteiger partial charge < -0.3 is 24.8 Å². The summed E-state index contributed by atoms with van der Waals surface area (Å²) in [5.74, 6) is -0.137. The van der Waals surface area contributed by atoms with Crippen molar-refractivity contribution in [1.29, 1.82) is 0 Å². The van der Waals surface area contributed by atoms with E-state index in [2.05, 4.69) is 20.4 Å². The first-order valence-corrected chi connectivity index (χ1v) is 11.7. The summed E-state index contributed by atoms with van der Waals surface area (Å²) in [6.45, 7) is 4.66. The van der Waals surface area contributed by atoms with Crippen LogP contribution >= 0.6 is 0 Å². The molecule has 1 fully saturated rings. The van der Waals surface area contributed by atoms with Crippen molar-refractivity contribution in [2.75, 3.05) is 39.5 Å². The van der Waals surface area contributed by atoms with E-state index >= 15 is 0 Å². The van der Waals surface area contributed by atoms with Gasteiger partial charge in [-0.15, -0.1) is 0 Å². The number of carbonyl (C=O) groups excluding carboxylic acids is 2. The number of ether oxygens (including phenoxy) is 1. The zero-order chi connectivity index (χ0) is 24.2. The number of hydrogen-bond acceptors (Lipinski definition) is 6. The molecular formula is C26H27N5O4. The molecule has 0 unspecified atom stereocenters. The molecule has 1 aromatic carbocycles. The van der Waals surface area contributed by atoms with Crippen molar-refractivity contribution in [3.8, 4) is 22.5 Å². The first-order valence-electron chi connectivity index (χ1n) is 11.7. The standard InChI is InChI=1S/C26H27N5O4/c1-17(30-35-16-25(32)31-9-11-34-12-10-31)18-3-2-4-19(13-18)23-14-20(5-7-27-23)24-15-21-22(29-24)6-8-28-26(21)33/h2-5,7,13-15,29H,6,8-12,16H2,1H3,(H,28,33)/b30-17+. The zero-order valence-electron chi connectivity index (χ0n) is 19.5. The molecule has 9 heteroatoms. The van der Waals surface area contributed by atoms with E-state index in [9.17, 15) is 9.59 Å². The Kier molecular flexibility index (Phi) is 6.58. The quantitative estimate of drug-likeness (QED) is 0.423. The maximum Gasteiger partial charge on any atom is 0.263 e. The number of fused-ring (bicyclic) bond motifs is 1. The number of aromatic nitrogens is 2. The molecule has 3 aromatic rings. The Bertz CT molecular complexity index is 1280. The number of rotatable bonds is 6. The van der Waals surface area contributed by atoms with E-state index in [0.717, 1.165) is 40.2 Å². The van der Waals surface area contributed by atoms with Gasteiger partial charge in [0.2, 0.25) is 0 Å². The molecule has 2 aliphatic heterocycles. The molecule has 2 amide bonds. The van der Waals surface area contributed by atoms with Gasteiger partial charge in [0.05, 0.1) is 30.2 Å². The van der Waals surface area contributed by atoms with Crippen LogP contribution in [0.2, 0.25) is 0 Å². The molecular weight excluding hydrogens is 446 g/mol. The molecule has 0 aliphatic carbocycles. The number of carbonyl (C=O) groups is 2. The molecule has 2 N–H and O–H groups in total. The van der Waals surface area contributed by atoms with Crippen LogP contribution in [0.1, 0.15) is 28.5 Å². The number of H-pyrrole nitrogens is 1. The van der Waals surface area contributed by atoms with Crippen LogP contribution in [-0.4, -0.2) is 71.8 Å². The number of aromatic amines is 1. The topological polar surface area (TPSA) is 109 Å². The van der Waals surface area contributed by atoms with Crippen molar-refractivity contribution < 1.29 is 19.2 Å². The Morgan fingerprint density at radius 1 is 1.17 bits per heavy atom. The SMILES string of the molecule is C/C(=N\OCC(=O)N1CCOCC1)c1cccc(-c2cc(-c3cc4c([nH]3)CCNC4=O)ccn2)c1. The van der Waals surface area contributed by atoms with Gasteiger partial charge in [0.15, 0.2) is 6.61 Å². The highest BCUT2D eigenvalue weighted by Gasteiger charge is 2.20. The Balaban J connectivity index is 1.30. The number of nitrogens with zero attached hydrogens (tertiary/aromatic N) is 3. The molecule has 9 nitrogen and oxygen atoms in total. The third kappa shape index (κ3) is 5.09. The molecule has 0 atom stereocenters. The van der Waals surface area contributed by atoms with Crippen LogP contribution < -0.4 is 5.32 Å². The van der Waals surface area contributed by atoms with Crippen molar-refractivity contribution in [2.24, 2.45) is 5.16 Å². The molecule has 4 heterocycles.